The van der Waals surface area contributed by atoms with E-state index in [4.69, 9.17) is 4.42 Å². The molecule has 1 aliphatic rings. The molecular formula is C14H21NO3S. The Morgan fingerprint density at radius 3 is 2.84 bits per heavy atom. The Hall–Kier alpha value is -0.940. The first-order chi connectivity index (χ1) is 9.22. The highest BCUT2D eigenvalue weighted by Gasteiger charge is 2.20. The lowest BCUT2D eigenvalue weighted by molar-refractivity contribution is 0.0600. The van der Waals surface area contributed by atoms with Crippen molar-refractivity contribution in [1.29, 1.82) is 0 Å². The predicted octanol–water partition coefficient (Wildman–Crippen LogP) is 2.83. The van der Waals surface area contributed by atoms with Crippen LogP contribution in [0.5, 0.6) is 0 Å². The fraction of sp³-hybridized carbons (Fsp3) is 0.643. The topological polar surface area (TPSA) is 51.5 Å². The van der Waals surface area contributed by atoms with Crippen LogP contribution in [0.1, 0.15) is 41.8 Å². The molecule has 0 aromatic carbocycles. The van der Waals surface area contributed by atoms with Gasteiger partial charge in [0.2, 0.25) is 0 Å². The summed E-state index contributed by atoms with van der Waals surface area (Å²) >= 11 is 1.97. The van der Waals surface area contributed by atoms with Gasteiger partial charge in [0.25, 0.3) is 0 Å². The Morgan fingerprint density at radius 1 is 1.47 bits per heavy atom. The average Bonchev–Trinajstić information content (AvgIpc) is 2.93. The second-order valence-electron chi connectivity index (χ2n) is 4.88. The number of furan rings is 1. The SMILES string of the molecule is COC(=O)c1coc(CNC2CCC(SC)CC2)c1. The van der Waals surface area contributed by atoms with Crippen LogP contribution < -0.4 is 5.32 Å². The third kappa shape index (κ3) is 4.01. The number of carbonyl (C=O) groups is 1. The molecule has 0 atom stereocenters. The molecule has 5 heteroatoms. The predicted molar refractivity (Wildman–Crippen MR) is 76.4 cm³/mol. The van der Waals surface area contributed by atoms with Gasteiger partial charge in [-0.15, -0.1) is 0 Å². The molecule has 1 aromatic rings. The molecule has 0 unspecified atom stereocenters. The van der Waals surface area contributed by atoms with E-state index in [1.165, 1.54) is 39.1 Å². The van der Waals surface area contributed by atoms with Crippen LogP contribution in [0, 0.1) is 0 Å². The second-order valence-corrected chi connectivity index (χ2v) is 6.02. The standard InChI is InChI=1S/C14H21NO3S/c1-17-14(16)10-7-12(18-9-10)8-15-11-3-5-13(19-2)6-4-11/h7,9,11,13,15H,3-6,8H2,1-2H3. The van der Waals surface area contributed by atoms with Crippen molar-refractivity contribution in [3.63, 3.8) is 0 Å². The van der Waals surface area contributed by atoms with Gasteiger partial charge in [-0.3, -0.25) is 0 Å². The van der Waals surface area contributed by atoms with Crippen LogP contribution in [-0.4, -0.2) is 30.6 Å². The number of methoxy groups -OCH3 is 1. The Labute approximate surface area is 118 Å². The molecular weight excluding hydrogens is 262 g/mol. The van der Waals surface area contributed by atoms with E-state index in [1.807, 2.05) is 11.8 Å². The molecule has 4 nitrogen and oxygen atoms in total. The van der Waals surface area contributed by atoms with Crippen molar-refractivity contribution in [3.8, 4) is 0 Å². The van der Waals surface area contributed by atoms with Crippen LogP contribution in [0.2, 0.25) is 0 Å². The Kier molecular flexibility index (Phi) is 5.34. The molecule has 1 fully saturated rings. The number of hydrogen-bond acceptors (Lipinski definition) is 5. The first kappa shape index (κ1) is 14.5. The number of hydrogen-bond donors (Lipinski definition) is 1. The number of esters is 1. The normalized spacial score (nSPS) is 23.3. The van der Waals surface area contributed by atoms with E-state index in [1.54, 1.807) is 6.07 Å². The quantitative estimate of drug-likeness (QED) is 0.842. The molecule has 0 amide bonds. The molecule has 1 heterocycles. The zero-order valence-corrected chi connectivity index (χ0v) is 12.3. The van der Waals surface area contributed by atoms with Crippen LogP contribution in [0.25, 0.3) is 0 Å². The summed E-state index contributed by atoms with van der Waals surface area (Å²) < 4.78 is 10.0. The van der Waals surface area contributed by atoms with Crippen molar-refractivity contribution < 1.29 is 13.9 Å². The molecule has 0 bridgehead atoms. The fourth-order valence-corrected chi connectivity index (χ4v) is 3.19. The molecule has 1 saturated carbocycles. The molecule has 0 spiro atoms. The lowest BCUT2D eigenvalue weighted by Crippen LogP contribution is -2.33. The summed E-state index contributed by atoms with van der Waals surface area (Å²) in [5.41, 5.74) is 0.477. The summed E-state index contributed by atoms with van der Waals surface area (Å²) in [6.07, 6.45) is 8.64. The third-order valence-corrected chi connectivity index (χ3v) is 4.79. The molecule has 1 aromatic heterocycles. The minimum Gasteiger partial charge on any atom is -0.467 e. The van der Waals surface area contributed by atoms with E-state index >= 15 is 0 Å². The number of carbonyl (C=O) groups excluding carboxylic acids is 1. The molecule has 0 aliphatic heterocycles. The number of nitrogens with one attached hydrogen (secondary N) is 1. The van der Waals surface area contributed by atoms with E-state index < -0.39 is 0 Å². The van der Waals surface area contributed by atoms with Crippen LogP contribution in [0.3, 0.4) is 0 Å². The highest BCUT2D eigenvalue weighted by Crippen LogP contribution is 2.27. The second kappa shape index (κ2) is 7.01. The maximum Gasteiger partial charge on any atom is 0.341 e. The van der Waals surface area contributed by atoms with Gasteiger partial charge in [-0.2, -0.15) is 11.8 Å². The summed E-state index contributed by atoms with van der Waals surface area (Å²) in [4.78, 5) is 11.3. The van der Waals surface area contributed by atoms with Gasteiger partial charge in [0.15, 0.2) is 0 Å². The smallest absolute Gasteiger partial charge is 0.341 e. The number of thioether (sulfide) groups is 1. The monoisotopic (exact) mass is 283 g/mol. The molecule has 1 aliphatic carbocycles. The van der Waals surface area contributed by atoms with Crippen molar-refractivity contribution in [2.24, 2.45) is 0 Å². The fourth-order valence-electron chi connectivity index (χ4n) is 2.45. The average molecular weight is 283 g/mol. The van der Waals surface area contributed by atoms with Gasteiger partial charge in [-0.1, -0.05) is 0 Å². The van der Waals surface area contributed by atoms with Gasteiger partial charge in [-0.05, 0) is 38.0 Å². The molecule has 2 rings (SSSR count). The summed E-state index contributed by atoms with van der Waals surface area (Å²) in [6, 6.07) is 2.31. The first-order valence-corrected chi connectivity index (χ1v) is 7.93. The molecule has 1 N–H and O–H groups in total. The van der Waals surface area contributed by atoms with E-state index in [2.05, 4.69) is 16.3 Å². The van der Waals surface area contributed by atoms with Gasteiger partial charge in [-0.25, -0.2) is 4.79 Å². The van der Waals surface area contributed by atoms with Crippen molar-refractivity contribution in [2.75, 3.05) is 13.4 Å². The van der Waals surface area contributed by atoms with Crippen LogP contribution in [-0.2, 0) is 11.3 Å². The van der Waals surface area contributed by atoms with Crippen molar-refractivity contribution >= 4 is 17.7 Å². The van der Waals surface area contributed by atoms with E-state index in [9.17, 15) is 4.79 Å². The van der Waals surface area contributed by atoms with Gasteiger partial charge >= 0.3 is 5.97 Å². The van der Waals surface area contributed by atoms with Crippen LogP contribution >= 0.6 is 11.8 Å². The largest absolute Gasteiger partial charge is 0.467 e. The summed E-state index contributed by atoms with van der Waals surface area (Å²) in [7, 11) is 1.37. The first-order valence-electron chi connectivity index (χ1n) is 6.65. The van der Waals surface area contributed by atoms with Gasteiger partial charge in [0, 0.05) is 11.3 Å². The molecule has 19 heavy (non-hydrogen) atoms. The summed E-state index contributed by atoms with van der Waals surface area (Å²) in [6.45, 7) is 0.672. The maximum absolute atomic E-state index is 11.3. The lowest BCUT2D eigenvalue weighted by Gasteiger charge is -2.27. The zero-order chi connectivity index (χ0) is 13.7. The zero-order valence-electron chi connectivity index (χ0n) is 11.5. The summed E-state index contributed by atoms with van der Waals surface area (Å²) in [5.74, 6) is 0.433. The summed E-state index contributed by atoms with van der Waals surface area (Å²) in [5, 5.41) is 4.32. The Balaban J connectivity index is 1.76. The Bertz CT molecular complexity index is 411. The van der Waals surface area contributed by atoms with Gasteiger partial charge in [0.1, 0.15) is 12.0 Å². The molecule has 106 valence electrons. The Morgan fingerprint density at radius 2 is 2.21 bits per heavy atom. The molecule has 0 radical (unpaired) electrons. The molecule has 0 saturated heterocycles. The van der Waals surface area contributed by atoms with Crippen LogP contribution in [0.4, 0.5) is 0 Å². The van der Waals surface area contributed by atoms with Gasteiger partial charge < -0.3 is 14.5 Å². The minimum absolute atomic E-state index is 0.351. The lowest BCUT2D eigenvalue weighted by atomic mass is 9.95. The highest BCUT2D eigenvalue weighted by atomic mass is 32.2. The van der Waals surface area contributed by atoms with E-state index in [0.717, 1.165) is 11.0 Å². The van der Waals surface area contributed by atoms with Crippen molar-refractivity contribution in [2.45, 2.75) is 43.5 Å². The third-order valence-electron chi connectivity index (χ3n) is 3.65. The number of ether oxygens (including phenoxy) is 1. The number of rotatable bonds is 5. The van der Waals surface area contributed by atoms with Crippen LogP contribution in [0.15, 0.2) is 16.7 Å². The van der Waals surface area contributed by atoms with E-state index in [0.29, 0.717) is 18.2 Å². The maximum atomic E-state index is 11.3. The van der Waals surface area contributed by atoms with Gasteiger partial charge in [0.05, 0.1) is 19.2 Å². The van der Waals surface area contributed by atoms with Crippen molar-refractivity contribution in [3.05, 3.63) is 23.7 Å². The highest BCUT2D eigenvalue weighted by molar-refractivity contribution is 7.99. The minimum atomic E-state index is -0.351. The van der Waals surface area contributed by atoms with E-state index in [-0.39, 0.29) is 5.97 Å². The van der Waals surface area contributed by atoms with Crippen molar-refractivity contribution in [1.82, 2.24) is 5.32 Å².